The van der Waals surface area contributed by atoms with E-state index in [4.69, 9.17) is 4.74 Å². The van der Waals surface area contributed by atoms with Crippen molar-refractivity contribution in [3.05, 3.63) is 79.7 Å². The molecular weight excluding hydrogens is 420 g/mol. The Hall–Kier alpha value is -1.49. The predicted molar refractivity (Wildman–Crippen MR) is 100 cm³/mol. The number of hydrogen-bond donors (Lipinski definition) is 0. The fourth-order valence-electron chi connectivity index (χ4n) is 2.42. The number of Topliss-reactive ketones (excluding diaryl/α,β-unsaturated/α-hetero) is 1. The van der Waals surface area contributed by atoms with Gasteiger partial charge in [0, 0.05) is 20.1 Å². The highest BCUT2D eigenvalue weighted by Gasteiger charge is 2.21. The van der Waals surface area contributed by atoms with Gasteiger partial charge in [-0.2, -0.15) is 0 Å². The number of carbonyl (C=O) groups excluding carboxylic acids is 1. The molecule has 0 atom stereocenters. The molecule has 2 nitrogen and oxygen atoms in total. The molecule has 0 saturated carbocycles. The molecule has 116 valence electrons. The van der Waals surface area contributed by atoms with Gasteiger partial charge in [-0.1, -0.05) is 56.1 Å². The van der Waals surface area contributed by atoms with Gasteiger partial charge in [0.05, 0.1) is 13.2 Å². The van der Waals surface area contributed by atoms with Crippen molar-refractivity contribution in [2.45, 2.75) is 0 Å². The Kier molecular flexibility index (Phi) is 5.26. The van der Waals surface area contributed by atoms with Gasteiger partial charge in [0.1, 0.15) is 0 Å². The largest absolute Gasteiger partial charge is 0.372 e. The van der Waals surface area contributed by atoms with E-state index in [1.807, 2.05) is 60.7 Å². The van der Waals surface area contributed by atoms with Crippen LogP contribution in [-0.2, 0) is 9.53 Å². The lowest BCUT2D eigenvalue weighted by Gasteiger charge is -2.17. The van der Waals surface area contributed by atoms with Crippen molar-refractivity contribution >= 4 is 49.8 Å². The summed E-state index contributed by atoms with van der Waals surface area (Å²) in [4.78, 5) is 12.7. The molecule has 0 N–H and O–H groups in total. The SMILES string of the molecule is O=C1/C(=C/c2cccc(Br)c2)COC/C1=C\c1cccc(Br)c1. The summed E-state index contributed by atoms with van der Waals surface area (Å²) in [5.41, 5.74) is 3.32. The third-order valence-corrected chi connectivity index (χ3v) is 4.46. The average Bonchev–Trinajstić information content (AvgIpc) is 2.51. The van der Waals surface area contributed by atoms with Crippen molar-refractivity contribution in [2.75, 3.05) is 13.2 Å². The Labute approximate surface area is 152 Å². The number of ketones is 1. The van der Waals surface area contributed by atoms with Gasteiger partial charge in [-0.25, -0.2) is 0 Å². The second kappa shape index (κ2) is 7.39. The lowest BCUT2D eigenvalue weighted by Crippen LogP contribution is -2.21. The first-order chi connectivity index (χ1) is 11.1. The number of carbonyl (C=O) groups is 1. The van der Waals surface area contributed by atoms with Gasteiger partial charge in [-0.05, 0) is 47.5 Å². The topological polar surface area (TPSA) is 26.3 Å². The third-order valence-electron chi connectivity index (χ3n) is 3.48. The summed E-state index contributed by atoms with van der Waals surface area (Å²) < 4.78 is 7.56. The molecule has 4 heteroatoms. The van der Waals surface area contributed by atoms with Gasteiger partial charge >= 0.3 is 0 Å². The summed E-state index contributed by atoms with van der Waals surface area (Å²) in [5, 5.41) is 0. The lowest BCUT2D eigenvalue weighted by molar-refractivity contribution is -0.114. The Morgan fingerprint density at radius 1 is 0.826 bits per heavy atom. The summed E-state index contributed by atoms with van der Waals surface area (Å²) in [5.74, 6) is 0.0520. The van der Waals surface area contributed by atoms with Crippen LogP contribution in [0.4, 0.5) is 0 Å². The molecule has 0 aromatic heterocycles. The van der Waals surface area contributed by atoms with E-state index in [0.717, 1.165) is 20.1 Å². The minimum atomic E-state index is 0.0520. The van der Waals surface area contributed by atoms with Crippen LogP contribution in [0.25, 0.3) is 12.2 Å². The Balaban J connectivity index is 1.89. The van der Waals surface area contributed by atoms with Crippen molar-refractivity contribution in [1.29, 1.82) is 0 Å². The number of benzene rings is 2. The molecule has 0 aliphatic carbocycles. The first-order valence-electron chi connectivity index (χ1n) is 7.16. The number of ether oxygens (including phenoxy) is 1. The van der Waals surface area contributed by atoms with Crippen molar-refractivity contribution in [2.24, 2.45) is 0 Å². The normalized spacial score (nSPS) is 18.6. The van der Waals surface area contributed by atoms with Crippen molar-refractivity contribution in [1.82, 2.24) is 0 Å². The van der Waals surface area contributed by atoms with Crippen LogP contribution in [0.1, 0.15) is 11.1 Å². The molecule has 2 aromatic rings. The van der Waals surface area contributed by atoms with Crippen LogP contribution < -0.4 is 0 Å². The quantitative estimate of drug-likeness (QED) is 0.602. The van der Waals surface area contributed by atoms with E-state index in [-0.39, 0.29) is 5.78 Å². The molecule has 0 amide bonds. The molecule has 1 fully saturated rings. The zero-order chi connectivity index (χ0) is 16.2. The van der Waals surface area contributed by atoms with Crippen LogP contribution in [0.2, 0.25) is 0 Å². The second-order valence-corrected chi connectivity index (χ2v) is 7.10. The average molecular weight is 434 g/mol. The smallest absolute Gasteiger partial charge is 0.189 e. The standard InChI is InChI=1S/C19H14Br2O2/c20-17-5-1-3-13(9-17)7-15-11-23-12-16(19(15)22)8-14-4-2-6-18(21)10-14/h1-10H,11-12H2/b15-7+,16-8+. The number of halogens is 2. The van der Waals surface area contributed by atoms with Gasteiger partial charge in [0.15, 0.2) is 5.78 Å². The summed E-state index contributed by atoms with van der Waals surface area (Å²) in [6.45, 7) is 0.697. The monoisotopic (exact) mass is 432 g/mol. The fraction of sp³-hybridized carbons (Fsp3) is 0.105. The van der Waals surface area contributed by atoms with Crippen LogP contribution in [0.5, 0.6) is 0 Å². The van der Waals surface area contributed by atoms with E-state index in [1.165, 1.54) is 0 Å². The zero-order valence-corrected chi connectivity index (χ0v) is 15.4. The maximum atomic E-state index is 12.7. The highest BCUT2D eigenvalue weighted by molar-refractivity contribution is 9.10. The van der Waals surface area contributed by atoms with Gasteiger partial charge < -0.3 is 4.74 Å². The van der Waals surface area contributed by atoms with Crippen LogP contribution in [0, 0.1) is 0 Å². The molecule has 0 radical (unpaired) electrons. The summed E-state index contributed by atoms with van der Waals surface area (Å²) in [7, 11) is 0. The summed E-state index contributed by atoms with van der Waals surface area (Å²) in [6.07, 6.45) is 3.78. The molecule has 1 aliphatic rings. The van der Waals surface area contributed by atoms with Crippen LogP contribution >= 0.6 is 31.9 Å². The van der Waals surface area contributed by atoms with Crippen molar-refractivity contribution in [3.8, 4) is 0 Å². The van der Waals surface area contributed by atoms with Crippen LogP contribution in [0.3, 0.4) is 0 Å². The van der Waals surface area contributed by atoms with E-state index in [9.17, 15) is 4.79 Å². The molecule has 23 heavy (non-hydrogen) atoms. The molecule has 0 bridgehead atoms. The molecule has 3 rings (SSSR count). The minimum absolute atomic E-state index is 0.0520. The van der Waals surface area contributed by atoms with Crippen molar-refractivity contribution < 1.29 is 9.53 Å². The molecule has 1 aliphatic heterocycles. The summed E-state index contributed by atoms with van der Waals surface area (Å²) >= 11 is 6.89. The molecule has 0 unspecified atom stereocenters. The number of rotatable bonds is 2. The van der Waals surface area contributed by atoms with Gasteiger partial charge in [-0.3, -0.25) is 4.79 Å². The minimum Gasteiger partial charge on any atom is -0.372 e. The predicted octanol–water partition coefficient (Wildman–Crippen LogP) is 5.28. The molecule has 1 saturated heterocycles. The molecule has 2 aromatic carbocycles. The highest BCUT2D eigenvalue weighted by atomic mass is 79.9. The second-order valence-electron chi connectivity index (χ2n) is 5.27. The van der Waals surface area contributed by atoms with E-state index in [2.05, 4.69) is 31.9 Å². The Bertz CT molecular complexity index is 741. The lowest BCUT2D eigenvalue weighted by atomic mass is 9.98. The maximum absolute atomic E-state index is 12.7. The summed E-state index contributed by atoms with van der Waals surface area (Å²) in [6, 6.07) is 15.7. The zero-order valence-electron chi connectivity index (χ0n) is 12.3. The van der Waals surface area contributed by atoms with E-state index < -0.39 is 0 Å². The third kappa shape index (κ3) is 4.28. The van der Waals surface area contributed by atoms with Crippen molar-refractivity contribution in [3.63, 3.8) is 0 Å². The first kappa shape index (κ1) is 16.4. The van der Waals surface area contributed by atoms with E-state index >= 15 is 0 Å². The van der Waals surface area contributed by atoms with Crippen LogP contribution in [-0.4, -0.2) is 19.0 Å². The van der Waals surface area contributed by atoms with Gasteiger partial charge in [0.25, 0.3) is 0 Å². The van der Waals surface area contributed by atoms with E-state index in [0.29, 0.717) is 24.4 Å². The molecular formula is C19H14Br2O2. The Morgan fingerprint density at radius 2 is 1.30 bits per heavy atom. The molecule has 1 heterocycles. The first-order valence-corrected chi connectivity index (χ1v) is 8.75. The Morgan fingerprint density at radius 3 is 1.74 bits per heavy atom. The van der Waals surface area contributed by atoms with Gasteiger partial charge in [-0.15, -0.1) is 0 Å². The maximum Gasteiger partial charge on any atom is 0.189 e. The fourth-order valence-corrected chi connectivity index (χ4v) is 3.25. The highest BCUT2D eigenvalue weighted by Crippen LogP contribution is 2.22. The van der Waals surface area contributed by atoms with Crippen LogP contribution in [0.15, 0.2) is 68.6 Å². The molecule has 0 spiro atoms. The number of hydrogen-bond acceptors (Lipinski definition) is 2. The van der Waals surface area contributed by atoms with E-state index in [1.54, 1.807) is 0 Å². The van der Waals surface area contributed by atoms with Gasteiger partial charge in [0.2, 0.25) is 0 Å².